The summed E-state index contributed by atoms with van der Waals surface area (Å²) >= 11 is 12.3. The van der Waals surface area contributed by atoms with Crippen molar-refractivity contribution in [3.63, 3.8) is 0 Å². The van der Waals surface area contributed by atoms with Gasteiger partial charge in [0.2, 0.25) is 21.8 Å². The molecule has 0 radical (unpaired) electrons. The molecule has 180 valence electrons. The van der Waals surface area contributed by atoms with Crippen molar-refractivity contribution in [3.05, 3.63) is 63.6 Å². The van der Waals surface area contributed by atoms with Gasteiger partial charge in [0.15, 0.2) is 0 Å². The SMILES string of the molecule is Cc1ccccc1N(CC(=O)N(Cc1ccc(Cl)cc1Cl)[C@H](C)C(=O)NC(C)C)S(C)(=O)=O. The van der Waals surface area contributed by atoms with E-state index in [1.165, 1.54) is 4.90 Å². The molecule has 0 bridgehead atoms. The number of amides is 2. The fourth-order valence-electron chi connectivity index (χ4n) is 3.26. The fraction of sp³-hybridized carbons (Fsp3) is 0.391. The van der Waals surface area contributed by atoms with E-state index in [2.05, 4.69) is 5.32 Å². The molecule has 10 heteroatoms. The molecule has 0 heterocycles. The Morgan fingerprint density at radius 3 is 2.24 bits per heavy atom. The Balaban J connectivity index is 2.44. The summed E-state index contributed by atoms with van der Waals surface area (Å²) in [6.45, 7) is 6.54. The van der Waals surface area contributed by atoms with Crippen LogP contribution in [0.25, 0.3) is 0 Å². The number of halogens is 2. The van der Waals surface area contributed by atoms with E-state index < -0.39 is 28.5 Å². The quantitative estimate of drug-likeness (QED) is 0.548. The minimum absolute atomic E-state index is 0.00684. The van der Waals surface area contributed by atoms with Crippen molar-refractivity contribution in [1.82, 2.24) is 10.2 Å². The van der Waals surface area contributed by atoms with Crippen molar-refractivity contribution in [3.8, 4) is 0 Å². The van der Waals surface area contributed by atoms with Crippen LogP contribution in [0.3, 0.4) is 0 Å². The van der Waals surface area contributed by atoms with Gasteiger partial charge in [0.1, 0.15) is 12.6 Å². The van der Waals surface area contributed by atoms with Gasteiger partial charge >= 0.3 is 0 Å². The zero-order valence-corrected chi connectivity index (χ0v) is 21.6. The van der Waals surface area contributed by atoms with Crippen LogP contribution in [0.15, 0.2) is 42.5 Å². The van der Waals surface area contributed by atoms with E-state index in [-0.39, 0.29) is 18.5 Å². The molecular weight excluding hydrogens is 485 g/mol. The van der Waals surface area contributed by atoms with Crippen LogP contribution in [0.1, 0.15) is 31.9 Å². The number of aryl methyl sites for hydroxylation is 1. The Hall–Kier alpha value is -2.29. The number of rotatable bonds is 9. The van der Waals surface area contributed by atoms with E-state index in [1.807, 2.05) is 13.8 Å². The Labute approximate surface area is 205 Å². The average molecular weight is 514 g/mol. The van der Waals surface area contributed by atoms with Crippen molar-refractivity contribution < 1.29 is 18.0 Å². The van der Waals surface area contributed by atoms with Crippen LogP contribution in [0.5, 0.6) is 0 Å². The molecule has 0 saturated carbocycles. The summed E-state index contributed by atoms with van der Waals surface area (Å²) in [6.07, 6.45) is 1.04. The first-order chi connectivity index (χ1) is 15.3. The molecule has 0 fully saturated rings. The first kappa shape index (κ1) is 27.0. The van der Waals surface area contributed by atoms with Crippen molar-refractivity contribution in [2.24, 2.45) is 0 Å². The predicted molar refractivity (Wildman–Crippen MR) is 133 cm³/mol. The molecule has 2 aromatic rings. The number of nitrogens with zero attached hydrogens (tertiary/aromatic N) is 2. The molecule has 0 unspecified atom stereocenters. The summed E-state index contributed by atoms with van der Waals surface area (Å²) in [7, 11) is -3.78. The fourth-order valence-corrected chi connectivity index (χ4v) is 4.63. The van der Waals surface area contributed by atoms with Crippen LogP contribution in [0.4, 0.5) is 5.69 Å². The van der Waals surface area contributed by atoms with Crippen LogP contribution >= 0.6 is 23.2 Å². The van der Waals surface area contributed by atoms with Crippen molar-refractivity contribution in [2.45, 2.75) is 46.3 Å². The molecule has 0 spiro atoms. The molecule has 0 saturated heterocycles. The van der Waals surface area contributed by atoms with Gasteiger partial charge in [-0.25, -0.2) is 8.42 Å². The van der Waals surface area contributed by atoms with E-state index in [0.29, 0.717) is 26.9 Å². The van der Waals surface area contributed by atoms with Gasteiger partial charge in [0, 0.05) is 22.6 Å². The minimum Gasteiger partial charge on any atom is -0.352 e. The number of benzene rings is 2. The highest BCUT2D eigenvalue weighted by Gasteiger charge is 2.31. The minimum atomic E-state index is -3.78. The molecule has 2 aromatic carbocycles. The van der Waals surface area contributed by atoms with E-state index in [4.69, 9.17) is 23.2 Å². The third-order valence-corrected chi connectivity index (χ3v) is 6.73. The lowest BCUT2D eigenvalue weighted by Crippen LogP contribution is -2.52. The second-order valence-electron chi connectivity index (χ2n) is 8.15. The highest BCUT2D eigenvalue weighted by Crippen LogP contribution is 2.25. The largest absolute Gasteiger partial charge is 0.352 e. The van der Waals surface area contributed by atoms with E-state index >= 15 is 0 Å². The van der Waals surface area contributed by atoms with Gasteiger partial charge in [0.25, 0.3) is 0 Å². The first-order valence-corrected chi connectivity index (χ1v) is 13.0. The van der Waals surface area contributed by atoms with Crippen LogP contribution in [0, 0.1) is 6.92 Å². The maximum atomic E-state index is 13.5. The Morgan fingerprint density at radius 2 is 1.70 bits per heavy atom. The average Bonchev–Trinajstić information content (AvgIpc) is 2.70. The molecular formula is C23H29Cl2N3O4S. The molecule has 1 atom stereocenters. The number of anilines is 1. The van der Waals surface area contributed by atoms with Crippen molar-refractivity contribution in [2.75, 3.05) is 17.1 Å². The number of carbonyl (C=O) groups is 2. The number of sulfonamides is 1. The van der Waals surface area contributed by atoms with Gasteiger partial charge in [-0.1, -0.05) is 47.5 Å². The highest BCUT2D eigenvalue weighted by atomic mass is 35.5. The normalized spacial score (nSPS) is 12.4. The zero-order valence-electron chi connectivity index (χ0n) is 19.3. The predicted octanol–water partition coefficient (Wildman–Crippen LogP) is 4.01. The Bertz CT molecular complexity index is 1120. The first-order valence-electron chi connectivity index (χ1n) is 10.4. The smallest absolute Gasteiger partial charge is 0.244 e. The van der Waals surface area contributed by atoms with E-state index in [0.717, 1.165) is 10.6 Å². The summed E-state index contributed by atoms with van der Waals surface area (Å²) < 4.78 is 26.2. The van der Waals surface area contributed by atoms with Crippen LogP contribution in [-0.4, -0.2) is 50.0 Å². The summed E-state index contributed by atoms with van der Waals surface area (Å²) in [6, 6.07) is 10.8. The Kier molecular flexibility index (Phi) is 9.17. The highest BCUT2D eigenvalue weighted by molar-refractivity contribution is 7.92. The van der Waals surface area contributed by atoms with Gasteiger partial charge in [-0.2, -0.15) is 0 Å². The third kappa shape index (κ3) is 7.35. The standard InChI is InChI=1S/C23H29Cl2N3O4S/c1-15(2)26-23(30)17(4)27(13-18-10-11-19(24)12-20(18)25)22(29)14-28(33(5,31)32)21-9-7-6-8-16(21)3/h6-12,15,17H,13-14H2,1-5H3,(H,26,30)/t17-/m1/s1. The number of nitrogens with one attached hydrogen (secondary N) is 1. The summed E-state index contributed by atoms with van der Waals surface area (Å²) in [4.78, 5) is 27.5. The zero-order chi connectivity index (χ0) is 24.9. The van der Waals surface area contributed by atoms with Gasteiger partial charge in [-0.15, -0.1) is 0 Å². The lowest BCUT2D eigenvalue weighted by molar-refractivity contribution is -0.139. The molecule has 0 aromatic heterocycles. The van der Waals surface area contributed by atoms with Gasteiger partial charge in [0.05, 0.1) is 11.9 Å². The molecule has 0 aliphatic heterocycles. The molecule has 2 amide bonds. The molecule has 0 aliphatic rings. The topological polar surface area (TPSA) is 86.8 Å². The second-order valence-corrected chi connectivity index (χ2v) is 10.9. The van der Waals surface area contributed by atoms with Crippen LogP contribution in [0.2, 0.25) is 10.0 Å². The summed E-state index contributed by atoms with van der Waals surface area (Å²) in [5.41, 5.74) is 1.69. The number of hydrogen-bond acceptors (Lipinski definition) is 4. The van der Waals surface area contributed by atoms with Crippen LogP contribution < -0.4 is 9.62 Å². The maximum absolute atomic E-state index is 13.5. The number of para-hydroxylation sites is 1. The molecule has 1 N–H and O–H groups in total. The molecule has 7 nitrogen and oxygen atoms in total. The summed E-state index contributed by atoms with van der Waals surface area (Å²) in [5.74, 6) is -0.897. The van der Waals surface area contributed by atoms with E-state index in [9.17, 15) is 18.0 Å². The van der Waals surface area contributed by atoms with Gasteiger partial charge < -0.3 is 10.2 Å². The third-order valence-electron chi connectivity index (χ3n) is 5.02. The maximum Gasteiger partial charge on any atom is 0.244 e. The molecule has 0 aliphatic carbocycles. The number of carbonyl (C=O) groups excluding carboxylic acids is 2. The van der Waals surface area contributed by atoms with Gasteiger partial charge in [-0.3, -0.25) is 13.9 Å². The number of hydrogen-bond donors (Lipinski definition) is 1. The van der Waals surface area contributed by atoms with Crippen molar-refractivity contribution >= 4 is 50.7 Å². The van der Waals surface area contributed by atoms with Gasteiger partial charge in [-0.05, 0) is 57.0 Å². The second kappa shape index (κ2) is 11.2. The Morgan fingerprint density at radius 1 is 1.06 bits per heavy atom. The monoisotopic (exact) mass is 513 g/mol. The molecule has 2 rings (SSSR count). The summed E-state index contributed by atoms with van der Waals surface area (Å²) in [5, 5.41) is 3.58. The van der Waals surface area contributed by atoms with E-state index in [1.54, 1.807) is 56.3 Å². The lowest BCUT2D eigenvalue weighted by atomic mass is 10.1. The lowest BCUT2D eigenvalue weighted by Gasteiger charge is -2.32. The molecule has 33 heavy (non-hydrogen) atoms. The van der Waals surface area contributed by atoms with Crippen molar-refractivity contribution in [1.29, 1.82) is 0 Å². The van der Waals surface area contributed by atoms with Crippen LogP contribution in [-0.2, 0) is 26.2 Å².